The van der Waals surface area contributed by atoms with E-state index < -0.39 is 0 Å². The molecule has 0 bridgehead atoms. The van der Waals surface area contributed by atoms with Gasteiger partial charge in [0, 0.05) is 12.7 Å². The Morgan fingerprint density at radius 1 is 1.30 bits per heavy atom. The summed E-state index contributed by atoms with van der Waals surface area (Å²) in [5, 5.41) is 8.54. The maximum absolute atomic E-state index is 4.33. The molecule has 3 rings (SSSR count). The molecule has 3 aromatic rings. The Kier molecular flexibility index (Phi) is 3.40. The van der Waals surface area contributed by atoms with Crippen molar-refractivity contribution in [3.8, 4) is 0 Å². The molecule has 0 fully saturated rings. The van der Waals surface area contributed by atoms with E-state index in [1.54, 1.807) is 11.0 Å². The van der Waals surface area contributed by atoms with E-state index in [0.717, 1.165) is 33.6 Å². The quantitative estimate of drug-likeness (QED) is 0.798. The Labute approximate surface area is 125 Å². The van der Waals surface area contributed by atoms with Crippen molar-refractivity contribution in [2.75, 3.05) is 5.32 Å². The molecule has 0 atom stereocenters. The van der Waals surface area contributed by atoms with Crippen LogP contribution in [0.2, 0.25) is 0 Å². The van der Waals surface area contributed by atoms with Crippen LogP contribution in [0.4, 0.5) is 11.5 Å². The molecule has 1 N–H and O–H groups in total. The smallest absolute Gasteiger partial charge is 0.164 e. The SMILES string of the molecule is CCc1cccc(Nc2ncnc3c2c(Br)nn3C)c1. The van der Waals surface area contributed by atoms with Crippen LogP contribution in [0.25, 0.3) is 11.0 Å². The highest BCUT2D eigenvalue weighted by atomic mass is 79.9. The van der Waals surface area contributed by atoms with Crippen LogP contribution < -0.4 is 5.32 Å². The zero-order valence-electron chi connectivity index (χ0n) is 11.3. The van der Waals surface area contributed by atoms with E-state index >= 15 is 0 Å². The molecule has 0 saturated carbocycles. The third-order valence-electron chi connectivity index (χ3n) is 3.18. The molecule has 0 unspecified atom stereocenters. The van der Waals surface area contributed by atoms with Crippen molar-refractivity contribution < 1.29 is 0 Å². The number of aryl methyl sites for hydroxylation is 2. The molecule has 102 valence electrons. The van der Waals surface area contributed by atoms with Crippen molar-refractivity contribution in [1.82, 2.24) is 19.7 Å². The molecule has 0 saturated heterocycles. The fourth-order valence-electron chi connectivity index (χ4n) is 2.14. The van der Waals surface area contributed by atoms with Gasteiger partial charge in [-0.3, -0.25) is 0 Å². The van der Waals surface area contributed by atoms with Gasteiger partial charge in [0.2, 0.25) is 0 Å². The normalized spacial score (nSPS) is 10.9. The van der Waals surface area contributed by atoms with Gasteiger partial charge in [0.05, 0.1) is 5.39 Å². The van der Waals surface area contributed by atoms with Gasteiger partial charge >= 0.3 is 0 Å². The lowest BCUT2D eigenvalue weighted by molar-refractivity contribution is 0.777. The summed E-state index contributed by atoms with van der Waals surface area (Å²) in [5.41, 5.74) is 3.09. The van der Waals surface area contributed by atoms with Crippen molar-refractivity contribution in [1.29, 1.82) is 0 Å². The average Bonchev–Trinajstić information content (AvgIpc) is 2.75. The van der Waals surface area contributed by atoms with Gasteiger partial charge in [-0.15, -0.1) is 0 Å². The predicted octanol–water partition coefficient (Wildman–Crippen LogP) is 3.43. The zero-order valence-corrected chi connectivity index (χ0v) is 12.8. The maximum Gasteiger partial charge on any atom is 0.164 e. The van der Waals surface area contributed by atoms with E-state index in [4.69, 9.17) is 0 Å². The highest BCUT2D eigenvalue weighted by Crippen LogP contribution is 2.29. The van der Waals surface area contributed by atoms with Crippen LogP contribution in [0.15, 0.2) is 35.2 Å². The average molecular weight is 332 g/mol. The van der Waals surface area contributed by atoms with Crippen molar-refractivity contribution in [3.05, 3.63) is 40.8 Å². The fraction of sp³-hybridized carbons (Fsp3) is 0.214. The summed E-state index contributed by atoms with van der Waals surface area (Å²) in [5.74, 6) is 0.753. The number of fused-ring (bicyclic) bond motifs is 1. The van der Waals surface area contributed by atoms with Crippen molar-refractivity contribution in [3.63, 3.8) is 0 Å². The minimum atomic E-state index is 0.741. The Bertz CT molecular complexity index is 765. The molecule has 20 heavy (non-hydrogen) atoms. The molecule has 2 aromatic heterocycles. The molecule has 1 aromatic carbocycles. The Hall–Kier alpha value is -1.95. The van der Waals surface area contributed by atoms with E-state index in [1.165, 1.54) is 5.56 Å². The van der Waals surface area contributed by atoms with Gasteiger partial charge in [-0.1, -0.05) is 19.1 Å². The molecule has 0 radical (unpaired) electrons. The first-order chi connectivity index (χ1) is 9.69. The van der Waals surface area contributed by atoms with Gasteiger partial charge < -0.3 is 5.32 Å². The highest BCUT2D eigenvalue weighted by molar-refractivity contribution is 9.10. The molecular weight excluding hydrogens is 318 g/mol. The fourth-order valence-corrected chi connectivity index (χ4v) is 2.74. The topological polar surface area (TPSA) is 55.6 Å². The standard InChI is InChI=1S/C14H14BrN5/c1-3-9-5-4-6-10(7-9)18-13-11-12(15)19-20(2)14(11)17-8-16-13/h4-8H,3H2,1-2H3,(H,16,17,18). The summed E-state index contributed by atoms with van der Waals surface area (Å²) in [7, 11) is 1.86. The number of hydrogen-bond donors (Lipinski definition) is 1. The van der Waals surface area contributed by atoms with Crippen LogP contribution in [-0.4, -0.2) is 19.7 Å². The van der Waals surface area contributed by atoms with Crippen LogP contribution in [0.1, 0.15) is 12.5 Å². The second-order valence-corrected chi connectivity index (χ2v) is 5.27. The first-order valence-electron chi connectivity index (χ1n) is 6.38. The van der Waals surface area contributed by atoms with E-state index in [0.29, 0.717) is 0 Å². The lowest BCUT2D eigenvalue weighted by Crippen LogP contribution is -1.97. The Morgan fingerprint density at radius 2 is 2.15 bits per heavy atom. The van der Waals surface area contributed by atoms with Gasteiger partial charge in [-0.05, 0) is 40.0 Å². The minimum absolute atomic E-state index is 0.741. The molecule has 0 aliphatic carbocycles. The van der Waals surface area contributed by atoms with E-state index in [1.807, 2.05) is 19.2 Å². The van der Waals surface area contributed by atoms with Gasteiger partial charge in [-0.25, -0.2) is 14.6 Å². The van der Waals surface area contributed by atoms with E-state index in [-0.39, 0.29) is 0 Å². The molecule has 0 aliphatic heterocycles. The molecule has 0 spiro atoms. The van der Waals surface area contributed by atoms with Crippen molar-refractivity contribution in [2.45, 2.75) is 13.3 Å². The summed E-state index contributed by atoms with van der Waals surface area (Å²) in [6, 6.07) is 8.30. The lowest BCUT2D eigenvalue weighted by Gasteiger charge is -2.08. The first kappa shape index (κ1) is 13.1. The van der Waals surface area contributed by atoms with Gasteiger partial charge in [0.15, 0.2) is 5.65 Å². The largest absolute Gasteiger partial charge is 0.339 e. The number of nitrogens with one attached hydrogen (secondary N) is 1. The summed E-state index contributed by atoms with van der Waals surface area (Å²) < 4.78 is 2.47. The van der Waals surface area contributed by atoms with Crippen LogP contribution in [0.3, 0.4) is 0 Å². The van der Waals surface area contributed by atoms with Gasteiger partial charge in [-0.2, -0.15) is 5.10 Å². The number of hydrogen-bond acceptors (Lipinski definition) is 4. The van der Waals surface area contributed by atoms with Crippen LogP contribution in [-0.2, 0) is 13.5 Å². The summed E-state index contributed by atoms with van der Waals surface area (Å²) in [6.45, 7) is 2.14. The minimum Gasteiger partial charge on any atom is -0.339 e. The van der Waals surface area contributed by atoms with Crippen molar-refractivity contribution >= 4 is 38.5 Å². The van der Waals surface area contributed by atoms with Gasteiger partial charge in [0.25, 0.3) is 0 Å². The molecule has 2 heterocycles. The number of anilines is 2. The van der Waals surface area contributed by atoms with Crippen LogP contribution in [0.5, 0.6) is 0 Å². The summed E-state index contributed by atoms with van der Waals surface area (Å²) in [6.07, 6.45) is 2.55. The Balaban J connectivity index is 2.06. The third kappa shape index (κ3) is 2.27. The molecule has 6 heteroatoms. The van der Waals surface area contributed by atoms with Gasteiger partial charge in [0.1, 0.15) is 16.7 Å². The first-order valence-corrected chi connectivity index (χ1v) is 7.17. The van der Waals surface area contributed by atoms with Crippen LogP contribution in [0, 0.1) is 0 Å². The lowest BCUT2D eigenvalue weighted by atomic mass is 10.1. The maximum atomic E-state index is 4.33. The zero-order chi connectivity index (χ0) is 14.1. The molecular formula is C14H14BrN5. The van der Waals surface area contributed by atoms with E-state index in [9.17, 15) is 0 Å². The highest BCUT2D eigenvalue weighted by Gasteiger charge is 2.13. The summed E-state index contributed by atoms with van der Waals surface area (Å²) >= 11 is 3.46. The number of nitrogens with zero attached hydrogens (tertiary/aromatic N) is 4. The summed E-state index contributed by atoms with van der Waals surface area (Å²) in [4.78, 5) is 8.58. The van der Waals surface area contributed by atoms with E-state index in [2.05, 4.69) is 55.4 Å². The Morgan fingerprint density at radius 3 is 2.95 bits per heavy atom. The monoisotopic (exact) mass is 331 g/mol. The van der Waals surface area contributed by atoms with Crippen molar-refractivity contribution in [2.24, 2.45) is 7.05 Å². The molecule has 0 aliphatic rings. The number of benzene rings is 1. The predicted molar refractivity (Wildman–Crippen MR) is 83.1 cm³/mol. The number of aromatic nitrogens is 4. The second kappa shape index (κ2) is 5.20. The molecule has 5 nitrogen and oxygen atoms in total. The molecule has 0 amide bonds. The number of halogens is 1. The van der Waals surface area contributed by atoms with Crippen LogP contribution >= 0.6 is 15.9 Å². The third-order valence-corrected chi connectivity index (χ3v) is 3.73. The second-order valence-electron chi connectivity index (χ2n) is 4.51. The number of rotatable bonds is 3.